The van der Waals surface area contributed by atoms with E-state index in [4.69, 9.17) is 4.74 Å². The Morgan fingerprint density at radius 2 is 1.90 bits per heavy atom. The van der Waals surface area contributed by atoms with Crippen molar-refractivity contribution in [2.24, 2.45) is 4.99 Å². The van der Waals surface area contributed by atoms with Gasteiger partial charge in [0.1, 0.15) is 5.82 Å². The van der Waals surface area contributed by atoms with Crippen LogP contribution in [0.25, 0.3) is 0 Å². The monoisotopic (exact) mass is 422 g/mol. The molecule has 2 aromatic rings. The van der Waals surface area contributed by atoms with Crippen LogP contribution < -0.4 is 15.4 Å². The Bertz CT molecular complexity index is 945. The molecule has 9 heteroatoms. The van der Waals surface area contributed by atoms with Crippen LogP contribution in [0.4, 0.5) is 4.39 Å². The van der Waals surface area contributed by atoms with Crippen molar-refractivity contribution in [3.05, 3.63) is 59.0 Å². The van der Waals surface area contributed by atoms with Crippen LogP contribution >= 0.6 is 0 Å². The molecule has 0 saturated heterocycles. The van der Waals surface area contributed by atoms with Gasteiger partial charge in [0.25, 0.3) is 0 Å². The summed E-state index contributed by atoms with van der Waals surface area (Å²) in [5, 5.41) is 6.22. The van der Waals surface area contributed by atoms with E-state index in [1.54, 1.807) is 19.3 Å². The second-order valence-corrected chi connectivity index (χ2v) is 9.07. The lowest BCUT2D eigenvalue weighted by Gasteiger charge is -2.14. The number of guanidine groups is 1. The number of sulfone groups is 1. The smallest absolute Gasteiger partial charge is 0.213 e. The lowest BCUT2D eigenvalue weighted by molar-refractivity contribution is 0.232. The number of aromatic nitrogens is 1. The van der Waals surface area contributed by atoms with Crippen LogP contribution in [0.5, 0.6) is 5.88 Å². The van der Waals surface area contributed by atoms with Crippen LogP contribution in [0.1, 0.15) is 30.5 Å². The number of halogens is 1. The third-order valence-corrected chi connectivity index (χ3v) is 4.71. The van der Waals surface area contributed by atoms with Gasteiger partial charge in [-0.1, -0.05) is 12.1 Å². The first kappa shape index (κ1) is 22.6. The molecule has 0 bridgehead atoms. The fourth-order valence-corrected chi connectivity index (χ4v) is 3.44. The van der Waals surface area contributed by atoms with Crippen LogP contribution in [-0.4, -0.2) is 38.8 Å². The van der Waals surface area contributed by atoms with E-state index in [2.05, 4.69) is 20.6 Å². The van der Waals surface area contributed by atoms with E-state index in [9.17, 15) is 12.8 Å². The third-order valence-electron chi connectivity index (χ3n) is 3.87. The summed E-state index contributed by atoms with van der Waals surface area (Å²) < 4.78 is 42.4. The number of rotatable bonds is 8. The zero-order chi connectivity index (χ0) is 21.4. The Morgan fingerprint density at radius 3 is 2.48 bits per heavy atom. The molecule has 0 aliphatic carbocycles. The molecule has 2 N–H and O–H groups in total. The molecule has 0 fully saturated rings. The van der Waals surface area contributed by atoms with Crippen LogP contribution in [0.15, 0.2) is 41.5 Å². The van der Waals surface area contributed by atoms with Gasteiger partial charge in [-0.25, -0.2) is 17.8 Å². The Balaban J connectivity index is 1.96. The zero-order valence-electron chi connectivity index (χ0n) is 17.1. The molecule has 1 aromatic carbocycles. The highest BCUT2D eigenvalue weighted by Gasteiger charge is 2.11. The minimum Gasteiger partial charge on any atom is -0.475 e. The molecule has 0 aliphatic heterocycles. The molecule has 1 heterocycles. The first-order valence-corrected chi connectivity index (χ1v) is 11.2. The van der Waals surface area contributed by atoms with E-state index < -0.39 is 15.7 Å². The van der Waals surface area contributed by atoms with Gasteiger partial charge in [-0.15, -0.1) is 0 Å². The average molecular weight is 423 g/mol. The van der Waals surface area contributed by atoms with Gasteiger partial charge in [-0.05, 0) is 42.7 Å². The summed E-state index contributed by atoms with van der Waals surface area (Å²) in [6.45, 7) is 4.59. The minimum atomic E-state index is -3.23. The SMILES string of the molecule is CN=C(NCc1ccc(OC(C)C)nc1)NCc1cc(F)ccc1CS(C)(=O)=O. The Labute approximate surface area is 171 Å². The first-order chi connectivity index (χ1) is 13.7. The Morgan fingerprint density at radius 1 is 1.17 bits per heavy atom. The summed E-state index contributed by atoms with van der Waals surface area (Å²) in [4.78, 5) is 8.39. The summed E-state index contributed by atoms with van der Waals surface area (Å²) in [6, 6.07) is 7.80. The highest BCUT2D eigenvalue weighted by molar-refractivity contribution is 7.89. The van der Waals surface area contributed by atoms with Crippen molar-refractivity contribution in [2.75, 3.05) is 13.3 Å². The topological polar surface area (TPSA) is 92.7 Å². The van der Waals surface area contributed by atoms with Gasteiger partial charge in [0.05, 0.1) is 11.9 Å². The zero-order valence-corrected chi connectivity index (χ0v) is 17.9. The van der Waals surface area contributed by atoms with Crippen LogP contribution in [0.3, 0.4) is 0 Å². The predicted molar refractivity (Wildman–Crippen MR) is 112 cm³/mol. The summed E-state index contributed by atoms with van der Waals surface area (Å²) in [6.07, 6.45) is 2.93. The molecule has 29 heavy (non-hydrogen) atoms. The molecule has 0 aliphatic rings. The van der Waals surface area contributed by atoms with E-state index in [0.29, 0.717) is 29.5 Å². The molecule has 0 amide bonds. The summed E-state index contributed by atoms with van der Waals surface area (Å²) >= 11 is 0. The molecule has 0 saturated carbocycles. The van der Waals surface area contributed by atoms with Crippen molar-refractivity contribution in [1.29, 1.82) is 0 Å². The molecule has 1 aromatic heterocycles. The molecule has 0 unspecified atom stereocenters. The maximum atomic E-state index is 13.6. The molecule has 2 rings (SSSR count). The molecular weight excluding hydrogens is 395 g/mol. The highest BCUT2D eigenvalue weighted by Crippen LogP contribution is 2.14. The normalized spacial score (nSPS) is 12.1. The van der Waals surface area contributed by atoms with Crippen molar-refractivity contribution in [3.63, 3.8) is 0 Å². The van der Waals surface area contributed by atoms with Crippen molar-refractivity contribution in [3.8, 4) is 5.88 Å². The van der Waals surface area contributed by atoms with Crippen molar-refractivity contribution < 1.29 is 17.5 Å². The molecular formula is C20H27FN4O3S. The number of hydrogen-bond acceptors (Lipinski definition) is 5. The van der Waals surface area contributed by atoms with Crippen molar-refractivity contribution >= 4 is 15.8 Å². The maximum absolute atomic E-state index is 13.6. The Hall–Kier alpha value is -2.68. The van der Waals surface area contributed by atoms with E-state index in [-0.39, 0.29) is 18.4 Å². The molecule has 0 spiro atoms. The van der Waals surface area contributed by atoms with Gasteiger partial charge in [0.2, 0.25) is 5.88 Å². The minimum absolute atomic E-state index is 0.0601. The van der Waals surface area contributed by atoms with Gasteiger partial charge >= 0.3 is 0 Å². The van der Waals surface area contributed by atoms with Crippen molar-refractivity contribution in [2.45, 2.75) is 38.8 Å². The maximum Gasteiger partial charge on any atom is 0.213 e. The number of nitrogens with one attached hydrogen (secondary N) is 2. The summed E-state index contributed by atoms with van der Waals surface area (Å²) in [7, 11) is -1.61. The second-order valence-electron chi connectivity index (χ2n) is 6.93. The number of benzene rings is 1. The number of aliphatic imine (C=N–C) groups is 1. The van der Waals surface area contributed by atoms with E-state index in [1.807, 2.05) is 19.9 Å². The van der Waals surface area contributed by atoms with Gasteiger partial charge in [0.15, 0.2) is 15.8 Å². The molecule has 7 nitrogen and oxygen atoms in total. The van der Waals surface area contributed by atoms with Crippen molar-refractivity contribution in [1.82, 2.24) is 15.6 Å². The van der Waals surface area contributed by atoms with Crippen LogP contribution in [-0.2, 0) is 28.7 Å². The lowest BCUT2D eigenvalue weighted by Crippen LogP contribution is -2.36. The van der Waals surface area contributed by atoms with E-state index in [1.165, 1.54) is 18.2 Å². The van der Waals surface area contributed by atoms with Gasteiger partial charge in [-0.3, -0.25) is 4.99 Å². The number of nitrogens with zero attached hydrogens (tertiary/aromatic N) is 2. The number of ether oxygens (including phenoxy) is 1. The van der Waals surface area contributed by atoms with Crippen LogP contribution in [0, 0.1) is 5.82 Å². The molecule has 0 atom stereocenters. The second kappa shape index (κ2) is 10.2. The third kappa shape index (κ3) is 8.06. The summed E-state index contributed by atoms with van der Waals surface area (Å²) in [5.74, 6) is 0.502. The number of pyridine rings is 1. The molecule has 158 valence electrons. The quantitative estimate of drug-likeness (QED) is 0.501. The van der Waals surface area contributed by atoms with E-state index in [0.717, 1.165) is 11.8 Å². The van der Waals surface area contributed by atoms with Gasteiger partial charge in [0, 0.05) is 38.7 Å². The first-order valence-electron chi connectivity index (χ1n) is 9.17. The fraction of sp³-hybridized carbons (Fsp3) is 0.400. The van der Waals surface area contributed by atoms with Gasteiger partial charge < -0.3 is 15.4 Å². The van der Waals surface area contributed by atoms with E-state index >= 15 is 0 Å². The predicted octanol–water partition coefficient (Wildman–Crippen LogP) is 2.42. The largest absolute Gasteiger partial charge is 0.475 e. The lowest BCUT2D eigenvalue weighted by atomic mass is 10.1. The highest BCUT2D eigenvalue weighted by atomic mass is 32.2. The Kier molecular flexibility index (Phi) is 7.95. The summed E-state index contributed by atoms with van der Waals surface area (Å²) in [5.41, 5.74) is 2.06. The average Bonchev–Trinajstić information content (AvgIpc) is 2.63. The fourth-order valence-electron chi connectivity index (χ4n) is 2.59. The van der Waals surface area contributed by atoms with Crippen LogP contribution in [0.2, 0.25) is 0 Å². The van der Waals surface area contributed by atoms with Gasteiger partial charge in [-0.2, -0.15) is 0 Å². The molecule has 0 radical (unpaired) electrons. The number of hydrogen-bond donors (Lipinski definition) is 2. The standard InChI is InChI=1S/C20H27FN4O3S/c1-14(2)28-19-8-5-15(10-23-19)11-24-20(22-3)25-12-17-9-18(21)7-6-16(17)13-29(4,26)27/h5-10,14H,11-13H2,1-4H3,(H2,22,24,25).